The number of hydrogen-bond donors (Lipinski definition) is 2. The molecule has 3 rings (SSSR count). The summed E-state index contributed by atoms with van der Waals surface area (Å²) in [6.45, 7) is 5.27. The largest absolute Gasteiger partial charge is 0.490 e. The SMILES string of the molecule is CCS(=O)(=O)N1C[C@@H]2CCCO[C@@H]2[C@H](Nc2ccc(C)nn2)C1.O=C(O)C(F)(F)F. The van der Waals surface area contributed by atoms with Gasteiger partial charge in [0.1, 0.15) is 5.82 Å². The van der Waals surface area contributed by atoms with Crippen LogP contribution in [0.15, 0.2) is 12.1 Å². The molecule has 0 radical (unpaired) electrons. The van der Waals surface area contributed by atoms with Crippen molar-refractivity contribution in [2.24, 2.45) is 5.92 Å². The number of aryl methyl sites for hydroxylation is 1. The molecule has 3 heterocycles. The summed E-state index contributed by atoms with van der Waals surface area (Å²) in [6.07, 6.45) is -3.08. The normalized spacial score (nSPS) is 24.9. The maximum Gasteiger partial charge on any atom is 0.490 e. The van der Waals surface area contributed by atoms with Crippen LogP contribution in [0.25, 0.3) is 0 Å². The number of piperidine rings is 1. The van der Waals surface area contributed by atoms with Crippen molar-refractivity contribution in [1.29, 1.82) is 0 Å². The molecule has 0 unspecified atom stereocenters. The zero-order chi connectivity index (χ0) is 22.5. The number of hydrogen-bond acceptors (Lipinski definition) is 7. The summed E-state index contributed by atoms with van der Waals surface area (Å²) >= 11 is 0. The first-order valence-corrected chi connectivity index (χ1v) is 11.0. The fraction of sp³-hybridized carbons (Fsp3) is 0.706. The minimum Gasteiger partial charge on any atom is -0.475 e. The van der Waals surface area contributed by atoms with Gasteiger partial charge in [0, 0.05) is 25.6 Å². The van der Waals surface area contributed by atoms with Gasteiger partial charge in [0.2, 0.25) is 10.0 Å². The Morgan fingerprint density at radius 2 is 2.00 bits per heavy atom. The van der Waals surface area contributed by atoms with Crippen molar-refractivity contribution in [2.75, 3.05) is 30.8 Å². The van der Waals surface area contributed by atoms with E-state index in [2.05, 4.69) is 15.5 Å². The van der Waals surface area contributed by atoms with E-state index in [-0.39, 0.29) is 23.8 Å². The smallest absolute Gasteiger partial charge is 0.475 e. The van der Waals surface area contributed by atoms with Crippen molar-refractivity contribution in [2.45, 2.75) is 45.0 Å². The van der Waals surface area contributed by atoms with E-state index in [1.54, 1.807) is 11.2 Å². The lowest BCUT2D eigenvalue weighted by Gasteiger charge is -2.45. The van der Waals surface area contributed by atoms with Gasteiger partial charge >= 0.3 is 12.1 Å². The van der Waals surface area contributed by atoms with Gasteiger partial charge in [-0.1, -0.05) is 0 Å². The molecule has 1 aromatic heterocycles. The number of anilines is 1. The van der Waals surface area contributed by atoms with E-state index in [0.29, 0.717) is 18.9 Å². The first-order valence-electron chi connectivity index (χ1n) is 9.40. The summed E-state index contributed by atoms with van der Waals surface area (Å²) in [5.41, 5.74) is 0.848. The number of rotatable bonds is 4. The van der Waals surface area contributed by atoms with Gasteiger partial charge in [-0.25, -0.2) is 13.2 Å². The van der Waals surface area contributed by atoms with E-state index in [1.807, 2.05) is 19.1 Å². The Labute approximate surface area is 172 Å². The number of nitrogens with zero attached hydrogens (tertiary/aromatic N) is 3. The van der Waals surface area contributed by atoms with E-state index in [4.69, 9.17) is 14.6 Å². The Balaban J connectivity index is 0.000000396. The fourth-order valence-electron chi connectivity index (χ4n) is 3.37. The quantitative estimate of drug-likeness (QED) is 0.705. The number of aromatic nitrogens is 2. The molecule has 13 heteroatoms. The molecule has 2 aliphatic rings. The number of sulfonamides is 1. The Morgan fingerprint density at radius 3 is 2.53 bits per heavy atom. The molecule has 0 aliphatic carbocycles. The highest BCUT2D eigenvalue weighted by Crippen LogP contribution is 2.31. The molecule has 0 saturated carbocycles. The van der Waals surface area contributed by atoms with Crippen molar-refractivity contribution in [3.8, 4) is 0 Å². The van der Waals surface area contributed by atoms with Crippen LogP contribution in [0.5, 0.6) is 0 Å². The van der Waals surface area contributed by atoms with Crippen LogP contribution in [-0.2, 0) is 19.6 Å². The maximum absolute atomic E-state index is 12.3. The Kier molecular flexibility index (Phi) is 7.99. The topological polar surface area (TPSA) is 122 Å². The minimum atomic E-state index is -5.08. The molecular formula is C17H25F3N4O5S. The van der Waals surface area contributed by atoms with Crippen molar-refractivity contribution in [1.82, 2.24) is 14.5 Å². The highest BCUT2D eigenvalue weighted by Gasteiger charge is 2.42. The van der Waals surface area contributed by atoms with E-state index < -0.39 is 22.2 Å². The highest BCUT2D eigenvalue weighted by atomic mass is 32.2. The number of carboxylic acids is 1. The van der Waals surface area contributed by atoms with Crippen molar-refractivity contribution in [3.05, 3.63) is 17.8 Å². The number of ether oxygens (including phenoxy) is 1. The van der Waals surface area contributed by atoms with Crippen LogP contribution in [0.3, 0.4) is 0 Å². The summed E-state index contributed by atoms with van der Waals surface area (Å²) in [7, 11) is -3.20. The molecule has 170 valence electrons. The number of alkyl halides is 3. The van der Waals surface area contributed by atoms with E-state index in [9.17, 15) is 21.6 Å². The predicted octanol–water partition coefficient (Wildman–Crippen LogP) is 1.66. The molecule has 2 aliphatic heterocycles. The third-order valence-corrected chi connectivity index (χ3v) is 6.68. The number of fused-ring (bicyclic) bond motifs is 1. The van der Waals surface area contributed by atoms with Gasteiger partial charge in [-0.3, -0.25) is 0 Å². The molecular weight excluding hydrogens is 429 g/mol. The van der Waals surface area contributed by atoms with Gasteiger partial charge < -0.3 is 15.2 Å². The third kappa shape index (κ3) is 6.51. The van der Waals surface area contributed by atoms with Gasteiger partial charge in [-0.05, 0) is 38.8 Å². The summed E-state index contributed by atoms with van der Waals surface area (Å²) in [5, 5.41) is 18.6. The van der Waals surface area contributed by atoms with Crippen LogP contribution in [0.1, 0.15) is 25.5 Å². The molecule has 2 fully saturated rings. The Hall–Kier alpha value is -1.99. The van der Waals surface area contributed by atoms with Gasteiger partial charge in [0.15, 0.2) is 0 Å². The van der Waals surface area contributed by atoms with E-state index in [0.717, 1.165) is 25.1 Å². The molecule has 9 nitrogen and oxygen atoms in total. The number of nitrogens with one attached hydrogen (secondary N) is 1. The highest BCUT2D eigenvalue weighted by molar-refractivity contribution is 7.89. The molecule has 1 aromatic rings. The second-order valence-corrected chi connectivity index (χ2v) is 9.33. The molecule has 0 amide bonds. The van der Waals surface area contributed by atoms with Gasteiger partial charge in [-0.2, -0.15) is 22.6 Å². The Morgan fingerprint density at radius 1 is 1.33 bits per heavy atom. The molecule has 0 bridgehead atoms. The summed E-state index contributed by atoms with van der Waals surface area (Å²) in [4.78, 5) is 8.90. The summed E-state index contributed by atoms with van der Waals surface area (Å²) < 4.78 is 63.9. The van der Waals surface area contributed by atoms with Crippen LogP contribution in [0.4, 0.5) is 19.0 Å². The third-order valence-electron chi connectivity index (χ3n) is 4.86. The number of aliphatic carboxylic acids is 1. The van der Waals surface area contributed by atoms with Crippen LogP contribution in [0, 0.1) is 12.8 Å². The van der Waals surface area contributed by atoms with Gasteiger partial charge in [0.25, 0.3) is 0 Å². The second-order valence-electron chi connectivity index (χ2n) is 7.07. The van der Waals surface area contributed by atoms with E-state index in [1.165, 1.54) is 0 Å². The first-order chi connectivity index (χ1) is 13.9. The maximum atomic E-state index is 12.3. The number of halogens is 3. The first kappa shape index (κ1) is 24.3. The number of carbonyl (C=O) groups is 1. The molecule has 0 aromatic carbocycles. The second kappa shape index (κ2) is 9.88. The summed E-state index contributed by atoms with van der Waals surface area (Å²) in [5.74, 6) is -1.74. The molecule has 2 N–H and O–H groups in total. The van der Waals surface area contributed by atoms with Crippen LogP contribution in [-0.4, -0.2) is 77.8 Å². The lowest BCUT2D eigenvalue weighted by Crippen LogP contribution is -2.59. The van der Waals surface area contributed by atoms with Gasteiger partial charge in [-0.15, -0.1) is 5.10 Å². The van der Waals surface area contributed by atoms with Crippen LogP contribution < -0.4 is 5.32 Å². The zero-order valence-electron chi connectivity index (χ0n) is 16.6. The van der Waals surface area contributed by atoms with Crippen LogP contribution >= 0.6 is 0 Å². The molecule has 30 heavy (non-hydrogen) atoms. The standard InChI is InChI=1S/C15H24N4O3S.C2HF3O2/c1-3-23(20,21)19-9-12-5-4-8-22-15(12)13(10-19)16-14-7-6-11(2)17-18-14;3-2(4,5)1(6)7/h6-7,12-13,15H,3-5,8-10H2,1-2H3,(H,16,18);(H,6,7)/t12-,13+,15-;/m0./s1. The minimum absolute atomic E-state index is 0.0233. The molecule has 0 spiro atoms. The van der Waals surface area contributed by atoms with Crippen molar-refractivity contribution >= 4 is 21.8 Å². The molecule has 3 atom stereocenters. The van der Waals surface area contributed by atoms with Crippen LogP contribution in [0.2, 0.25) is 0 Å². The Bertz CT molecular complexity index is 820. The average Bonchev–Trinajstić information content (AvgIpc) is 2.69. The molecule has 2 saturated heterocycles. The predicted molar refractivity (Wildman–Crippen MR) is 101 cm³/mol. The summed E-state index contributed by atoms with van der Waals surface area (Å²) in [6, 6.07) is 3.65. The number of carboxylic acid groups (broad SMARTS) is 1. The zero-order valence-corrected chi connectivity index (χ0v) is 17.4. The van der Waals surface area contributed by atoms with Crippen molar-refractivity contribution < 1.29 is 36.2 Å². The lowest BCUT2D eigenvalue weighted by atomic mass is 9.86. The average molecular weight is 454 g/mol. The lowest BCUT2D eigenvalue weighted by molar-refractivity contribution is -0.192. The fourth-order valence-corrected chi connectivity index (χ4v) is 4.54. The van der Waals surface area contributed by atoms with Crippen molar-refractivity contribution in [3.63, 3.8) is 0 Å². The van der Waals surface area contributed by atoms with Gasteiger partial charge in [0.05, 0.1) is 23.6 Å². The monoisotopic (exact) mass is 454 g/mol. The van der Waals surface area contributed by atoms with E-state index >= 15 is 0 Å².